The van der Waals surface area contributed by atoms with E-state index < -0.39 is 0 Å². The highest BCUT2D eigenvalue weighted by Crippen LogP contribution is 2.32. The zero-order valence-electron chi connectivity index (χ0n) is 10.9. The molecule has 2 aromatic rings. The Hall–Kier alpha value is -2.04. The van der Waals surface area contributed by atoms with Gasteiger partial charge in [-0.05, 0) is 12.1 Å². The highest BCUT2D eigenvalue weighted by atomic mass is 16.5. The predicted octanol–water partition coefficient (Wildman–Crippen LogP) is 2.75. The zero-order valence-corrected chi connectivity index (χ0v) is 10.9. The van der Waals surface area contributed by atoms with Crippen LogP contribution in [0.4, 0.5) is 0 Å². The number of phenols is 1. The van der Waals surface area contributed by atoms with Crippen molar-refractivity contribution in [3.8, 4) is 23.0 Å². The molecule has 2 rings (SSSR count). The Morgan fingerprint density at radius 1 is 1.28 bits per heavy atom. The van der Waals surface area contributed by atoms with E-state index in [0.29, 0.717) is 23.0 Å². The van der Waals surface area contributed by atoms with E-state index in [1.807, 2.05) is 20.8 Å². The highest BCUT2D eigenvalue weighted by Gasteiger charge is 2.22. The normalized spacial score (nSPS) is 11.6. The number of rotatable bonds is 2. The van der Waals surface area contributed by atoms with Crippen LogP contribution in [0.1, 0.15) is 26.6 Å². The van der Waals surface area contributed by atoms with Crippen LogP contribution < -0.4 is 4.74 Å². The van der Waals surface area contributed by atoms with Crippen LogP contribution in [-0.4, -0.2) is 22.4 Å². The lowest BCUT2D eigenvalue weighted by atomic mass is 9.96. The fourth-order valence-electron chi connectivity index (χ4n) is 1.46. The van der Waals surface area contributed by atoms with Crippen molar-refractivity contribution in [1.29, 1.82) is 0 Å². The lowest BCUT2D eigenvalue weighted by molar-refractivity contribution is 0.396. The molecule has 0 aliphatic heterocycles. The summed E-state index contributed by atoms with van der Waals surface area (Å²) in [6.45, 7) is 5.99. The maximum atomic E-state index is 9.88. The molecule has 0 fully saturated rings. The van der Waals surface area contributed by atoms with Gasteiger partial charge in [0.25, 0.3) is 5.89 Å². The first kappa shape index (κ1) is 12.4. The zero-order chi connectivity index (χ0) is 13.3. The topological polar surface area (TPSA) is 68.4 Å². The van der Waals surface area contributed by atoms with Crippen LogP contribution in [0.2, 0.25) is 0 Å². The lowest BCUT2D eigenvalue weighted by Gasteiger charge is -2.10. The molecule has 0 saturated heterocycles. The Morgan fingerprint density at radius 2 is 2.00 bits per heavy atom. The maximum Gasteiger partial charge on any atom is 0.261 e. The minimum atomic E-state index is -0.191. The number of hydrogen-bond donors (Lipinski definition) is 1. The smallest absolute Gasteiger partial charge is 0.261 e. The Morgan fingerprint density at radius 3 is 2.50 bits per heavy atom. The van der Waals surface area contributed by atoms with Crippen molar-refractivity contribution in [2.45, 2.75) is 26.2 Å². The average Bonchev–Trinajstić information content (AvgIpc) is 2.77. The fraction of sp³-hybridized carbons (Fsp3) is 0.385. The molecular weight excluding hydrogens is 232 g/mol. The van der Waals surface area contributed by atoms with E-state index in [-0.39, 0.29) is 11.2 Å². The standard InChI is InChI=1S/C13H16N2O3/c1-13(2,3)12-14-11(18-15-12)9-6-5-8(17-4)7-10(9)16/h5-7,16H,1-4H3. The third kappa shape index (κ3) is 2.30. The van der Waals surface area contributed by atoms with Crippen LogP contribution in [0, 0.1) is 0 Å². The Balaban J connectivity index is 2.40. The van der Waals surface area contributed by atoms with Crippen molar-refractivity contribution >= 4 is 0 Å². The van der Waals surface area contributed by atoms with Crippen LogP contribution in [0.3, 0.4) is 0 Å². The van der Waals surface area contributed by atoms with Crippen molar-refractivity contribution in [2.24, 2.45) is 0 Å². The number of nitrogens with zero attached hydrogens (tertiary/aromatic N) is 2. The molecule has 0 amide bonds. The number of ether oxygens (including phenoxy) is 1. The molecule has 0 radical (unpaired) electrons. The van der Waals surface area contributed by atoms with Crippen LogP contribution in [0.5, 0.6) is 11.5 Å². The van der Waals surface area contributed by atoms with E-state index in [2.05, 4.69) is 10.1 Å². The first-order valence-electron chi connectivity index (χ1n) is 5.63. The molecule has 0 saturated carbocycles. The van der Waals surface area contributed by atoms with Gasteiger partial charge in [0.05, 0.1) is 12.7 Å². The van der Waals surface area contributed by atoms with E-state index in [4.69, 9.17) is 9.26 Å². The fourth-order valence-corrected chi connectivity index (χ4v) is 1.46. The van der Waals surface area contributed by atoms with Crippen molar-refractivity contribution in [1.82, 2.24) is 10.1 Å². The van der Waals surface area contributed by atoms with Gasteiger partial charge in [0, 0.05) is 11.5 Å². The van der Waals surface area contributed by atoms with Crippen LogP contribution >= 0.6 is 0 Å². The van der Waals surface area contributed by atoms with Crippen LogP contribution in [0.25, 0.3) is 11.5 Å². The van der Waals surface area contributed by atoms with E-state index >= 15 is 0 Å². The molecule has 96 valence electrons. The quantitative estimate of drug-likeness (QED) is 0.885. The van der Waals surface area contributed by atoms with Gasteiger partial charge >= 0.3 is 0 Å². The largest absolute Gasteiger partial charge is 0.507 e. The van der Waals surface area contributed by atoms with Gasteiger partial charge in [-0.25, -0.2) is 0 Å². The Kier molecular flexibility index (Phi) is 2.98. The first-order valence-corrected chi connectivity index (χ1v) is 5.63. The molecule has 0 spiro atoms. The molecule has 0 unspecified atom stereocenters. The SMILES string of the molecule is COc1ccc(-c2nc(C(C)(C)C)no2)c(O)c1. The number of phenolic OH excluding ortho intramolecular Hbond substituents is 1. The van der Waals surface area contributed by atoms with E-state index in [9.17, 15) is 5.11 Å². The summed E-state index contributed by atoms with van der Waals surface area (Å²) in [5, 5.41) is 13.8. The molecule has 0 bridgehead atoms. The summed E-state index contributed by atoms with van der Waals surface area (Å²) in [4.78, 5) is 4.29. The lowest BCUT2D eigenvalue weighted by Crippen LogP contribution is -2.13. The second kappa shape index (κ2) is 4.33. The number of aromatic hydroxyl groups is 1. The van der Waals surface area contributed by atoms with E-state index in [1.165, 1.54) is 6.07 Å². The van der Waals surface area contributed by atoms with Crippen molar-refractivity contribution in [2.75, 3.05) is 7.11 Å². The number of aromatic nitrogens is 2. The average molecular weight is 248 g/mol. The molecular formula is C13H16N2O3. The summed E-state index contributed by atoms with van der Waals surface area (Å²) < 4.78 is 10.2. The Labute approximate surface area is 105 Å². The van der Waals surface area contributed by atoms with Crippen LogP contribution in [-0.2, 0) is 5.41 Å². The monoisotopic (exact) mass is 248 g/mol. The molecule has 1 aromatic heterocycles. The van der Waals surface area contributed by atoms with E-state index in [1.54, 1.807) is 19.2 Å². The van der Waals surface area contributed by atoms with Gasteiger partial charge in [-0.1, -0.05) is 25.9 Å². The maximum absolute atomic E-state index is 9.88. The molecule has 5 heteroatoms. The van der Waals surface area contributed by atoms with Gasteiger partial charge < -0.3 is 14.4 Å². The highest BCUT2D eigenvalue weighted by molar-refractivity contribution is 5.63. The van der Waals surface area contributed by atoms with Gasteiger partial charge in [-0.15, -0.1) is 0 Å². The second-order valence-electron chi connectivity index (χ2n) is 5.06. The predicted molar refractivity (Wildman–Crippen MR) is 66.7 cm³/mol. The molecule has 0 aliphatic carbocycles. The molecule has 0 aliphatic rings. The second-order valence-corrected chi connectivity index (χ2v) is 5.06. The molecule has 0 atom stereocenters. The number of hydrogen-bond acceptors (Lipinski definition) is 5. The Bertz CT molecular complexity index is 556. The van der Waals surface area contributed by atoms with Crippen molar-refractivity contribution in [3.63, 3.8) is 0 Å². The number of benzene rings is 1. The molecule has 1 aromatic carbocycles. The van der Waals surface area contributed by atoms with Crippen LogP contribution in [0.15, 0.2) is 22.7 Å². The summed E-state index contributed by atoms with van der Waals surface area (Å²) in [6.07, 6.45) is 0. The van der Waals surface area contributed by atoms with Gasteiger partial charge in [0.1, 0.15) is 11.5 Å². The third-order valence-electron chi connectivity index (χ3n) is 2.53. The summed E-state index contributed by atoms with van der Waals surface area (Å²) in [7, 11) is 1.54. The van der Waals surface area contributed by atoms with Gasteiger partial charge in [0.2, 0.25) is 0 Å². The molecule has 5 nitrogen and oxygen atoms in total. The van der Waals surface area contributed by atoms with Gasteiger partial charge in [-0.2, -0.15) is 4.98 Å². The van der Waals surface area contributed by atoms with E-state index in [0.717, 1.165) is 0 Å². The van der Waals surface area contributed by atoms with Crippen molar-refractivity contribution < 1.29 is 14.4 Å². The summed E-state index contributed by atoms with van der Waals surface area (Å²) in [6, 6.07) is 4.93. The minimum absolute atomic E-state index is 0.0541. The summed E-state index contributed by atoms with van der Waals surface area (Å²) in [5.41, 5.74) is 0.308. The van der Waals surface area contributed by atoms with Crippen molar-refractivity contribution in [3.05, 3.63) is 24.0 Å². The summed E-state index contributed by atoms with van der Waals surface area (Å²) in [5.74, 6) is 1.54. The van der Waals surface area contributed by atoms with Gasteiger partial charge in [-0.3, -0.25) is 0 Å². The minimum Gasteiger partial charge on any atom is -0.507 e. The molecule has 1 heterocycles. The first-order chi connectivity index (χ1) is 8.41. The molecule has 18 heavy (non-hydrogen) atoms. The number of methoxy groups -OCH3 is 1. The summed E-state index contributed by atoms with van der Waals surface area (Å²) >= 11 is 0. The third-order valence-corrected chi connectivity index (χ3v) is 2.53. The van der Waals surface area contributed by atoms with Gasteiger partial charge in [0.15, 0.2) is 5.82 Å². The molecule has 1 N–H and O–H groups in total.